The highest BCUT2D eigenvalue weighted by molar-refractivity contribution is 5.83. The summed E-state index contributed by atoms with van der Waals surface area (Å²) >= 11 is 0. The van der Waals surface area contributed by atoms with Crippen molar-refractivity contribution in [2.24, 2.45) is 7.05 Å². The lowest BCUT2D eigenvalue weighted by molar-refractivity contribution is 0.126. The van der Waals surface area contributed by atoms with Crippen LogP contribution in [0, 0.1) is 0 Å². The summed E-state index contributed by atoms with van der Waals surface area (Å²) in [6, 6.07) is 9.16. The normalized spacial score (nSPS) is 24.3. The number of rotatable bonds is 2. The monoisotopic (exact) mass is 244 g/mol. The van der Waals surface area contributed by atoms with Crippen LogP contribution >= 0.6 is 0 Å². The molecule has 1 aromatic carbocycles. The minimum absolute atomic E-state index is 0.0848. The summed E-state index contributed by atoms with van der Waals surface area (Å²) in [5.41, 5.74) is 2.45. The van der Waals surface area contributed by atoms with Crippen LogP contribution < -0.4 is 5.32 Å². The molecular weight excluding hydrogens is 224 g/mol. The van der Waals surface area contributed by atoms with Gasteiger partial charge in [0.2, 0.25) is 0 Å². The number of fused-ring (bicyclic) bond motifs is 1. The first-order valence-corrected chi connectivity index (χ1v) is 6.72. The van der Waals surface area contributed by atoms with Gasteiger partial charge in [0.1, 0.15) is 0 Å². The van der Waals surface area contributed by atoms with E-state index >= 15 is 0 Å². The summed E-state index contributed by atoms with van der Waals surface area (Å²) in [5.74, 6) is 0. The van der Waals surface area contributed by atoms with Gasteiger partial charge in [-0.05, 0) is 49.3 Å². The Balaban J connectivity index is 1.76. The Kier molecular flexibility index (Phi) is 3.00. The second-order valence-electron chi connectivity index (χ2n) is 5.35. The van der Waals surface area contributed by atoms with Crippen LogP contribution in [0.3, 0.4) is 0 Å². The van der Waals surface area contributed by atoms with Crippen molar-refractivity contribution in [3.8, 4) is 0 Å². The summed E-state index contributed by atoms with van der Waals surface area (Å²) in [5, 5.41) is 14.4. The van der Waals surface area contributed by atoms with Gasteiger partial charge in [0.05, 0.1) is 6.10 Å². The van der Waals surface area contributed by atoms with Gasteiger partial charge in [0.25, 0.3) is 0 Å². The first-order chi connectivity index (χ1) is 8.72. The highest BCUT2D eigenvalue weighted by atomic mass is 16.3. The summed E-state index contributed by atoms with van der Waals surface area (Å²) in [4.78, 5) is 0. The molecule has 3 nitrogen and oxygen atoms in total. The van der Waals surface area contributed by atoms with Crippen molar-refractivity contribution in [2.75, 3.05) is 5.32 Å². The molecule has 18 heavy (non-hydrogen) atoms. The number of aromatic nitrogens is 1. The van der Waals surface area contributed by atoms with Gasteiger partial charge < -0.3 is 15.0 Å². The molecule has 0 amide bonds. The van der Waals surface area contributed by atoms with Crippen LogP contribution in [0.5, 0.6) is 0 Å². The van der Waals surface area contributed by atoms with E-state index in [4.69, 9.17) is 0 Å². The predicted octanol–water partition coefficient (Wildman–Crippen LogP) is 2.89. The van der Waals surface area contributed by atoms with Crippen LogP contribution in [0.4, 0.5) is 5.69 Å². The van der Waals surface area contributed by atoms with Crippen molar-refractivity contribution in [1.29, 1.82) is 0 Å². The van der Waals surface area contributed by atoms with E-state index in [1.54, 1.807) is 0 Å². The van der Waals surface area contributed by atoms with Gasteiger partial charge in [0.15, 0.2) is 0 Å². The van der Waals surface area contributed by atoms with E-state index in [9.17, 15) is 5.11 Å². The number of nitrogens with zero attached hydrogens (tertiary/aromatic N) is 1. The summed E-state index contributed by atoms with van der Waals surface area (Å²) in [6.45, 7) is 0. The lowest BCUT2D eigenvalue weighted by Crippen LogP contribution is -2.28. The topological polar surface area (TPSA) is 37.2 Å². The Hall–Kier alpha value is -1.48. The Morgan fingerprint density at radius 2 is 1.94 bits per heavy atom. The Bertz CT molecular complexity index is 538. The van der Waals surface area contributed by atoms with Gasteiger partial charge in [-0.1, -0.05) is 6.07 Å². The average molecular weight is 244 g/mol. The van der Waals surface area contributed by atoms with Gasteiger partial charge in [-0.25, -0.2) is 0 Å². The van der Waals surface area contributed by atoms with Crippen molar-refractivity contribution in [3.63, 3.8) is 0 Å². The van der Waals surface area contributed by atoms with Gasteiger partial charge >= 0.3 is 0 Å². The molecule has 1 saturated carbocycles. The number of aryl methyl sites for hydroxylation is 1. The molecule has 2 aromatic rings. The molecule has 0 saturated heterocycles. The molecule has 0 spiro atoms. The van der Waals surface area contributed by atoms with Crippen LogP contribution in [-0.4, -0.2) is 21.8 Å². The van der Waals surface area contributed by atoms with E-state index in [-0.39, 0.29) is 6.10 Å². The van der Waals surface area contributed by atoms with Crippen molar-refractivity contribution in [1.82, 2.24) is 4.57 Å². The molecule has 1 aliphatic carbocycles. The maximum absolute atomic E-state index is 9.51. The first-order valence-electron chi connectivity index (χ1n) is 6.72. The number of benzene rings is 1. The number of aliphatic hydroxyl groups excluding tert-OH is 1. The zero-order valence-electron chi connectivity index (χ0n) is 10.8. The maximum atomic E-state index is 9.51. The third kappa shape index (κ3) is 2.23. The largest absolute Gasteiger partial charge is 0.393 e. The molecule has 1 aliphatic rings. The molecular formula is C15H20N2O. The molecule has 0 aliphatic heterocycles. The van der Waals surface area contributed by atoms with Crippen molar-refractivity contribution < 1.29 is 5.11 Å². The van der Waals surface area contributed by atoms with E-state index in [0.717, 1.165) is 25.7 Å². The quantitative estimate of drug-likeness (QED) is 0.852. The first kappa shape index (κ1) is 11.6. The fourth-order valence-electron chi connectivity index (χ4n) is 2.81. The van der Waals surface area contributed by atoms with E-state index in [1.165, 1.54) is 16.6 Å². The number of nitrogens with one attached hydrogen (secondary N) is 1. The molecule has 1 fully saturated rings. The van der Waals surface area contributed by atoms with E-state index in [2.05, 4.69) is 47.4 Å². The highest BCUT2D eigenvalue weighted by Crippen LogP contribution is 2.24. The molecule has 1 aromatic heterocycles. The molecule has 3 heteroatoms. The molecule has 1 heterocycles. The minimum atomic E-state index is -0.0848. The fourth-order valence-corrected chi connectivity index (χ4v) is 2.81. The standard InChI is InChI=1S/C15H20N2O/c1-17-9-8-11-2-3-13(10-15(11)17)16-12-4-6-14(18)7-5-12/h2-3,8-10,12,14,16,18H,4-7H2,1H3. The van der Waals surface area contributed by atoms with Crippen LogP contribution in [0.1, 0.15) is 25.7 Å². The third-order valence-electron chi connectivity index (χ3n) is 3.96. The predicted molar refractivity (Wildman–Crippen MR) is 74.8 cm³/mol. The molecule has 2 N–H and O–H groups in total. The van der Waals surface area contributed by atoms with E-state index < -0.39 is 0 Å². The van der Waals surface area contributed by atoms with Crippen LogP contribution in [0.2, 0.25) is 0 Å². The van der Waals surface area contributed by atoms with Gasteiger partial charge in [-0.15, -0.1) is 0 Å². The lowest BCUT2D eigenvalue weighted by Gasteiger charge is -2.27. The van der Waals surface area contributed by atoms with Gasteiger partial charge in [-0.2, -0.15) is 0 Å². The van der Waals surface area contributed by atoms with Crippen molar-refractivity contribution >= 4 is 16.6 Å². The van der Waals surface area contributed by atoms with Crippen LogP contribution in [0.15, 0.2) is 30.5 Å². The number of anilines is 1. The molecule has 96 valence electrons. The van der Waals surface area contributed by atoms with Crippen molar-refractivity contribution in [3.05, 3.63) is 30.5 Å². The van der Waals surface area contributed by atoms with Crippen molar-refractivity contribution in [2.45, 2.75) is 37.8 Å². The zero-order valence-corrected chi connectivity index (χ0v) is 10.8. The molecule has 0 atom stereocenters. The van der Waals surface area contributed by atoms with E-state index in [0.29, 0.717) is 6.04 Å². The smallest absolute Gasteiger partial charge is 0.0541 e. The van der Waals surface area contributed by atoms with Crippen LogP contribution in [0.25, 0.3) is 10.9 Å². The summed E-state index contributed by atoms with van der Waals surface area (Å²) in [6.07, 6.45) is 5.97. The SMILES string of the molecule is Cn1ccc2ccc(NC3CCC(O)CC3)cc21. The molecule has 0 unspecified atom stereocenters. The number of hydrogen-bond donors (Lipinski definition) is 2. The fraction of sp³-hybridized carbons (Fsp3) is 0.467. The van der Waals surface area contributed by atoms with Crippen LogP contribution in [-0.2, 0) is 7.05 Å². The highest BCUT2D eigenvalue weighted by Gasteiger charge is 2.19. The average Bonchev–Trinajstić information content (AvgIpc) is 2.74. The van der Waals surface area contributed by atoms with Gasteiger partial charge in [0, 0.05) is 30.5 Å². The second-order valence-corrected chi connectivity index (χ2v) is 5.35. The van der Waals surface area contributed by atoms with Gasteiger partial charge in [-0.3, -0.25) is 0 Å². The number of aliphatic hydroxyl groups is 1. The Morgan fingerprint density at radius 1 is 1.17 bits per heavy atom. The maximum Gasteiger partial charge on any atom is 0.0541 e. The summed E-state index contributed by atoms with van der Waals surface area (Å²) < 4.78 is 2.14. The lowest BCUT2D eigenvalue weighted by atomic mass is 9.93. The molecule has 0 radical (unpaired) electrons. The van der Waals surface area contributed by atoms with E-state index in [1.807, 2.05) is 0 Å². The zero-order chi connectivity index (χ0) is 12.5. The minimum Gasteiger partial charge on any atom is -0.393 e. The number of hydrogen-bond acceptors (Lipinski definition) is 2. The Labute approximate surface area is 107 Å². The second kappa shape index (κ2) is 4.65. The third-order valence-corrected chi connectivity index (χ3v) is 3.96. The molecule has 0 bridgehead atoms. The molecule has 3 rings (SSSR count). The Morgan fingerprint density at radius 3 is 2.72 bits per heavy atom. The summed E-state index contributed by atoms with van der Waals surface area (Å²) in [7, 11) is 2.07.